The van der Waals surface area contributed by atoms with Crippen molar-refractivity contribution in [1.82, 2.24) is 9.78 Å². The molecule has 0 bridgehead atoms. The van der Waals surface area contributed by atoms with Crippen LogP contribution >= 0.6 is 11.6 Å². The van der Waals surface area contributed by atoms with E-state index in [9.17, 15) is 13.2 Å². The predicted molar refractivity (Wildman–Crippen MR) is 67.1 cm³/mol. The molecule has 1 aromatic heterocycles. The van der Waals surface area contributed by atoms with Gasteiger partial charge in [0.2, 0.25) is 0 Å². The van der Waals surface area contributed by atoms with Crippen molar-refractivity contribution < 1.29 is 13.2 Å². The third-order valence-corrected chi connectivity index (χ3v) is 3.03. The molecule has 2 rings (SSSR count). The fraction of sp³-hybridized carbons (Fsp3) is 0.308. The second kappa shape index (κ2) is 5.25. The maximum atomic E-state index is 13.0. The van der Waals surface area contributed by atoms with Crippen LogP contribution in [0.25, 0.3) is 0 Å². The van der Waals surface area contributed by atoms with E-state index in [0.29, 0.717) is 0 Å². The summed E-state index contributed by atoms with van der Waals surface area (Å²) < 4.78 is 39.9. The standard InChI is InChI=1S/C13H12ClF3N2/c1-9-3-2-4-10(5-9)8-19-12(13(15,16)17)11(6-14)7-18-19/h2-5,7H,6,8H2,1H3. The Hall–Kier alpha value is -1.49. The van der Waals surface area contributed by atoms with Gasteiger partial charge >= 0.3 is 6.18 Å². The smallest absolute Gasteiger partial charge is 0.256 e. The van der Waals surface area contributed by atoms with Crippen LogP contribution in [0.3, 0.4) is 0 Å². The number of hydrogen-bond donors (Lipinski definition) is 0. The van der Waals surface area contributed by atoms with Gasteiger partial charge in [-0.1, -0.05) is 29.8 Å². The van der Waals surface area contributed by atoms with E-state index in [1.54, 1.807) is 6.07 Å². The summed E-state index contributed by atoms with van der Waals surface area (Å²) in [6.45, 7) is 1.97. The molecular weight excluding hydrogens is 277 g/mol. The van der Waals surface area contributed by atoms with Gasteiger partial charge in [-0.15, -0.1) is 11.6 Å². The van der Waals surface area contributed by atoms with Crippen LogP contribution in [0.15, 0.2) is 30.5 Å². The van der Waals surface area contributed by atoms with Gasteiger partial charge in [0.15, 0.2) is 0 Å². The number of aromatic nitrogens is 2. The third-order valence-electron chi connectivity index (χ3n) is 2.74. The molecule has 0 radical (unpaired) electrons. The van der Waals surface area contributed by atoms with Crippen LogP contribution in [0.5, 0.6) is 0 Å². The number of hydrogen-bond acceptors (Lipinski definition) is 1. The lowest BCUT2D eigenvalue weighted by molar-refractivity contribution is -0.144. The molecular formula is C13H12ClF3N2. The van der Waals surface area contributed by atoms with Crippen molar-refractivity contribution in [2.75, 3.05) is 0 Å². The number of rotatable bonds is 3. The van der Waals surface area contributed by atoms with Gasteiger partial charge in [0, 0.05) is 5.56 Å². The molecule has 0 aliphatic carbocycles. The van der Waals surface area contributed by atoms with Crippen LogP contribution in [-0.2, 0) is 18.6 Å². The molecule has 6 heteroatoms. The summed E-state index contributed by atoms with van der Waals surface area (Å²) in [7, 11) is 0. The monoisotopic (exact) mass is 288 g/mol. The van der Waals surface area contributed by atoms with E-state index in [0.717, 1.165) is 15.8 Å². The minimum absolute atomic E-state index is 0.00168. The highest BCUT2D eigenvalue weighted by Gasteiger charge is 2.37. The van der Waals surface area contributed by atoms with Gasteiger partial charge in [-0.3, -0.25) is 4.68 Å². The summed E-state index contributed by atoms with van der Waals surface area (Å²) in [5.41, 5.74) is 0.997. The summed E-state index contributed by atoms with van der Waals surface area (Å²) in [5, 5.41) is 3.79. The Morgan fingerprint density at radius 2 is 2.05 bits per heavy atom. The SMILES string of the molecule is Cc1cccc(Cn2ncc(CCl)c2C(F)(F)F)c1. The lowest BCUT2D eigenvalue weighted by Crippen LogP contribution is -2.17. The zero-order valence-electron chi connectivity index (χ0n) is 10.2. The number of halogens is 4. The van der Waals surface area contributed by atoms with E-state index in [1.807, 2.05) is 25.1 Å². The molecule has 2 aromatic rings. The Labute approximate surface area is 113 Å². The van der Waals surface area contributed by atoms with Crippen LogP contribution in [-0.4, -0.2) is 9.78 Å². The van der Waals surface area contributed by atoms with Crippen molar-refractivity contribution in [3.05, 3.63) is 52.8 Å². The normalized spacial score (nSPS) is 11.8. The second-order valence-electron chi connectivity index (χ2n) is 4.30. The lowest BCUT2D eigenvalue weighted by atomic mass is 10.1. The lowest BCUT2D eigenvalue weighted by Gasteiger charge is -2.12. The molecule has 0 saturated carbocycles. The number of benzene rings is 1. The minimum atomic E-state index is -4.45. The Bertz CT molecular complexity index is 576. The zero-order valence-corrected chi connectivity index (χ0v) is 11.0. The first-order valence-corrected chi connectivity index (χ1v) is 6.18. The maximum Gasteiger partial charge on any atom is 0.433 e. The maximum absolute atomic E-state index is 13.0. The Balaban J connectivity index is 2.38. The Morgan fingerprint density at radius 3 is 2.63 bits per heavy atom. The highest BCUT2D eigenvalue weighted by atomic mass is 35.5. The molecule has 2 nitrogen and oxygen atoms in total. The summed E-state index contributed by atoms with van der Waals surface area (Å²) in [6.07, 6.45) is -3.28. The van der Waals surface area contributed by atoms with E-state index in [-0.39, 0.29) is 18.0 Å². The molecule has 0 spiro atoms. The summed E-state index contributed by atoms with van der Waals surface area (Å²) in [5.74, 6) is -0.206. The molecule has 0 N–H and O–H groups in total. The molecule has 0 amide bonds. The fourth-order valence-electron chi connectivity index (χ4n) is 1.95. The van der Waals surface area contributed by atoms with Gasteiger partial charge in [0.25, 0.3) is 0 Å². The summed E-state index contributed by atoms with van der Waals surface area (Å²) in [6, 6.07) is 7.31. The molecule has 19 heavy (non-hydrogen) atoms. The van der Waals surface area contributed by atoms with Crippen LogP contribution in [0.2, 0.25) is 0 Å². The van der Waals surface area contributed by atoms with Gasteiger partial charge in [-0.05, 0) is 12.5 Å². The van der Waals surface area contributed by atoms with Crippen molar-refractivity contribution in [3.63, 3.8) is 0 Å². The van der Waals surface area contributed by atoms with Crippen molar-refractivity contribution in [3.8, 4) is 0 Å². The fourth-order valence-corrected chi connectivity index (χ4v) is 2.15. The molecule has 0 atom stereocenters. The van der Waals surface area contributed by atoms with Crippen LogP contribution in [0.4, 0.5) is 13.2 Å². The van der Waals surface area contributed by atoms with Gasteiger partial charge < -0.3 is 0 Å². The Morgan fingerprint density at radius 1 is 1.32 bits per heavy atom. The van der Waals surface area contributed by atoms with Gasteiger partial charge in [0.05, 0.1) is 18.6 Å². The molecule has 102 valence electrons. The molecule has 0 fully saturated rings. The zero-order chi connectivity index (χ0) is 14.0. The quantitative estimate of drug-likeness (QED) is 0.781. The van der Waals surface area contributed by atoms with E-state index < -0.39 is 11.9 Å². The molecule has 0 unspecified atom stereocenters. The first-order chi connectivity index (χ1) is 8.91. The van der Waals surface area contributed by atoms with E-state index in [1.165, 1.54) is 6.20 Å². The molecule has 0 saturated heterocycles. The Kier molecular flexibility index (Phi) is 3.85. The topological polar surface area (TPSA) is 17.8 Å². The van der Waals surface area contributed by atoms with E-state index in [4.69, 9.17) is 11.6 Å². The van der Waals surface area contributed by atoms with Crippen LogP contribution in [0, 0.1) is 6.92 Å². The average molecular weight is 289 g/mol. The van der Waals surface area contributed by atoms with Gasteiger partial charge in [-0.2, -0.15) is 18.3 Å². The molecule has 1 aromatic carbocycles. The van der Waals surface area contributed by atoms with E-state index in [2.05, 4.69) is 5.10 Å². The van der Waals surface area contributed by atoms with Crippen molar-refractivity contribution in [2.45, 2.75) is 25.5 Å². The summed E-state index contributed by atoms with van der Waals surface area (Å²) >= 11 is 5.53. The van der Waals surface area contributed by atoms with Crippen LogP contribution in [0.1, 0.15) is 22.4 Å². The predicted octanol–water partition coefficient (Wildman–Crippen LogP) is 4.00. The molecule has 1 heterocycles. The number of alkyl halides is 4. The van der Waals surface area contributed by atoms with Crippen molar-refractivity contribution in [1.29, 1.82) is 0 Å². The first kappa shape index (κ1) is 13.9. The third kappa shape index (κ3) is 3.10. The number of nitrogens with zero attached hydrogens (tertiary/aromatic N) is 2. The van der Waals surface area contributed by atoms with Crippen LogP contribution < -0.4 is 0 Å². The average Bonchev–Trinajstić information content (AvgIpc) is 2.71. The second-order valence-corrected chi connectivity index (χ2v) is 4.56. The highest BCUT2D eigenvalue weighted by molar-refractivity contribution is 6.17. The minimum Gasteiger partial charge on any atom is -0.256 e. The highest BCUT2D eigenvalue weighted by Crippen LogP contribution is 2.33. The summed E-state index contributed by atoms with van der Waals surface area (Å²) in [4.78, 5) is 0. The first-order valence-electron chi connectivity index (χ1n) is 5.65. The van der Waals surface area contributed by atoms with Gasteiger partial charge in [-0.25, -0.2) is 0 Å². The van der Waals surface area contributed by atoms with Crippen molar-refractivity contribution >= 4 is 11.6 Å². The molecule has 0 aliphatic heterocycles. The molecule has 0 aliphatic rings. The number of aryl methyl sites for hydroxylation is 1. The van der Waals surface area contributed by atoms with E-state index >= 15 is 0 Å². The van der Waals surface area contributed by atoms with Crippen molar-refractivity contribution in [2.24, 2.45) is 0 Å². The largest absolute Gasteiger partial charge is 0.433 e. The van der Waals surface area contributed by atoms with Gasteiger partial charge in [0.1, 0.15) is 5.69 Å².